The number of nitrogens with one attached hydrogen (secondary N) is 1. The number of ether oxygens (including phenoxy) is 1. The monoisotopic (exact) mass is 349 g/mol. The smallest absolute Gasteiger partial charge is 0.271 e. The van der Waals surface area contributed by atoms with Gasteiger partial charge in [0.2, 0.25) is 0 Å². The van der Waals surface area contributed by atoms with Crippen molar-refractivity contribution in [1.29, 1.82) is 0 Å². The van der Waals surface area contributed by atoms with Crippen molar-refractivity contribution in [3.05, 3.63) is 51.7 Å². The Labute approximate surface area is 144 Å². The third kappa shape index (κ3) is 3.63. The molecule has 2 aromatic rings. The number of hydrogen-bond acceptors (Lipinski definition) is 5. The molecule has 0 radical (unpaired) electrons. The summed E-state index contributed by atoms with van der Waals surface area (Å²) in [4.78, 5) is 17.0. The van der Waals surface area contributed by atoms with E-state index in [0.717, 1.165) is 10.6 Å². The summed E-state index contributed by atoms with van der Waals surface area (Å²) < 4.78 is 19.1. The average molecular weight is 349 g/mol. The summed E-state index contributed by atoms with van der Waals surface area (Å²) in [6.45, 7) is 1.54. The van der Waals surface area contributed by atoms with E-state index in [-0.39, 0.29) is 11.7 Å². The molecule has 1 aromatic heterocycles. The number of halogens is 1. The molecule has 128 valence electrons. The number of aromatic nitrogens is 1. The predicted octanol–water partition coefficient (Wildman–Crippen LogP) is 2.22. The van der Waals surface area contributed by atoms with Gasteiger partial charge in [-0.25, -0.2) is 9.37 Å². The summed E-state index contributed by atoms with van der Waals surface area (Å²) in [5, 5.41) is 5.65. The first-order chi connectivity index (χ1) is 11.6. The molecule has 0 unspecified atom stereocenters. The van der Waals surface area contributed by atoms with Crippen molar-refractivity contribution in [1.82, 2.24) is 10.3 Å². The van der Waals surface area contributed by atoms with Crippen molar-refractivity contribution in [3.8, 4) is 0 Å². The Balaban J connectivity index is 1.85. The first kappa shape index (κ1) is 17.0. The van der Waals surface area contributed by atoms with E-state index in [4.69, 9.17) is 10.5 Å². The zero-order chi connectivity index (χ0) is 17.0. The first-order valence-electron chi connectivity index (χ1n) is 7.94. The highest BCUT2D eigenvalue weighted by Gasteiger charge is 2.36. The minimum absolute atomic E-state index is 0.249. The minimum Gasteiger partial charge on any atom is -0.381 e. The van der Waals surface area contributed by atoms with Crippen LogP contribution in [0, 0.1) is 5.82 Å². The summed E-state index contributed by atoms with van der Waals surface area (Å²) in [5.74, 6) is -0.563. The molecule has 0 spiro atoms. The molecule has 5 nitrogen and oxygen atoms in total. The SMILES string of the molecule is NCCc1nc(C(=O)NC2(c3cccc(F)c3)CCOCC2)cs1. The van der Waals surface area contributed by atoms with Crippen LogP contribution in [0.15, 0.2) is 29.6 Å². The fraction of sp³-hybridized carbons (Fsp3) is 0.412. The maximum absolute atomic E-state index is 13.7. The van der Waals surface area contributed by atoms with Gasteiger partial charge in [-0.1, -0.05) is 12.1 Å². The first-order valence-corrected chi connectivity index (χ1v) is 8.82. The number of carbonyl (C=O) groups excluding carboxylic acids is 1. The zero-order valence-corrected chi connectivity index (χ0v) is 14.1. The van der Waals surface area contributed by atoms with Gasteiger partial charge in [-0.2, -0.15) is 0 Å². The molecular formula is C17H20FN3O2S. The number of thiazole rings is 1. The van der Waals surface area contributed by atoms with E-state index in [9.17, 15) is 9.18 Å². The second kappa shape index (κ2) is 7.38. The van der Waals surface area contributed by atoms with Crippen LogP contribution in [0.2, 0.25) is 0 Å². The zero-order valence-electron chi connectivity index (χ0n) is 13.3. The van der Waals surface area contributed by atoms with Gasteiger partial charge in [-0.3, -0.25) is 4.79 Å². The van der Waals surface area contributed by atoms with E-state index in [1.807, 2.05) is 6.07 Å². The lowest BCUT2D eigenvalue weighted by Gasteiger charge is -2.38. The second-order valence-electron chi connectivity index (χ2n) is 5.82. The van der Waals surface area contributed by atoms with Crippen LogP contribution < -0.4 is 11.1 Å². The molecule has 3 N–H and O–H groups in total. The topological polar surface area (TPSA) is 77.2 Å². The van der Waals surface area contributed by atoms with Crippen LogP contribution in [0.3, 0.4) is 0 Å². The van der Waals surface area contributed by atoms with Gasteiger partial charge >= 0.3 is 0 Å². The average Bonchev–Trinajstić information content (AvgIpc) is 3.05. The summed E-state index contributed by atoms with van der Waals surface area (Å²) in [5.41, 5.74) is 6.03. The van der Waals surface area contributed by atoms with Crippen LogP contribution in [-0.4, -0.2) is 30.6 Å². The molecule has 1 fully saturated rings. The number of nitrogens with zero attached hydrogens (tertiary/aromatic N) is 1. The Bertz CT molecular complexity index is 713. The maximum Gasteiger partial charge on any atom is 0.271 e. The molecule has 0 atom stereocenters. The van der Waals surface area contributed by atoms with Gasteiger partial charge in [0.05, 0.1) is 10.5 Å². The van der Waals surface area contributed by atoms with Crippen molar-refractivity contribution in [2.24, 2.45) is 5.73 Å². The predicted molar refractivity (Wildman–Crippen MR) is 90.5 cm³/mol. The number of amides is 1. The Morgan fingerprint density at radius 1 is 1.42 bits per heavy atom. The number of carbonyl (C=O) groups is 1. The Hall–Kier alpha value is -1.83. The molecule has 3 rings (SSSR count). The fourth-order valence-electron chi connectivity index (χ4n) is 2.93. The van der Waals surface area contributed by atoms with Crippen molar-refractivity contribution >= 4 is 17.2 Å². The number of rotatable bonds is 5. The van der Waals surface area contributed by atoms with Gasteiger partial charge in [0.15, 0.2) is 0 Å². The van der Waals surface area contributed by atoms with E-state index in [0.29, 0.717) is 44.7 Å². The molecule has 2 heterocycles. The third-order valence-electron chi connectivity index (χ3n) is 4.22. The van der Waals surface area contributed by atoms with Gasteiger partial charge in [0.25, 0.3) is 5.91 Å². The normalized spacial score (nSPS) is 16.8. The van der Waals surface area contributed by atoms with Crippen LogP contribution in [-0.2, 0) is 16.7 Å². The van der Waals surface area contributed by atoms with E-state index < -0.39 is 5.54 Å². The lowest BCUT2D eigenvalue weighted by Crippen LogP contribution is -2.49. The Morgan fingerprint density at radius 2 is 2.21 bits per heavy atom. The molecule has 7 heteroatoms. The summed E-state index contributed by atoms with van der Waals surface area (Å²) >= 11 is 1.43. The van der Waals surface area contributed by atoms with Gasteiger partial charge in [0, 0.05) is 25.0 Å². The largest absolute Gasteiger partial charge is 0.381 e. The highest BCUT2D eigenvalue weighted by atomic mass is 32.1. The summed E-state index contributed by atoms with van der Waals surface area (Å²) in [6.07, 6.45) is 1.85. The molecule has 24 heavy (non-hydrogen) atoms. The standard InChI is InChI=1S/C17H20FN3O2S/c18-13-3-1-2-12(10-13)17(5-8-23-9-6-17)21-16(22)14-11-24-15(20-14)4-7-19/h1-3,10-11H,4-9,19H2,(H,21,22). The second-order valence-corrected chi connectivity index (χ2v) is 6.77. The van der Waals surface area contributed by atoms with Crippen LogP contribution in [0.25, 0.3) is 0 Å². The van der Waals surface area contributed by atoms with Crippen LogP contribution in [0.4, 0.5) is 4.39 Å². The van der Waals surface area contributed by atoms with Crippen LogP contribution >= 0.6 is 11.3 Å². The molecular weight excluding hydrogens is 329 g/mol. The molecule has 1 aliphatic rings. The molecule has 0 saturated carbocycles. The van der Waals surface area contributed by atoms with Crippen LogP contribution in [0.5, 0.6) is 0 Å². The molecule has 0 bridgehead atoms. The third-order valence-corrected chi connectivity index (χ3v) is 5.13. The van der Waals surface area contributed by atoms with Gasteiger partial charge in [0.1, 0.15) is 11.5 Å². The number of hydrogen-bond donors (Lipinski definition) is 2. The fourth-order valence-corrected chi connectivity index (χ4v) is 3.72. The quantitative estimate of drug-likeness (QED) is 0.868. The van der Waals surface area contributed by atoms with Crippen molar-refractivity contribution in [2.75, 3.05) is 19.8 Å². The van der Waals surface area contributed by atoms with E-state index in [1.54, 1.807) is 11.4 Å². The molecule has 1 aromatic carbocycles. The maximum atomic E-state index is 13.7. The Kier molecular flexibility index (Phi) is 5.23. The Morgan fingerprint density at radius 3 is 2.92 bits per heavy atom. The highest BCUT2D eigenvalue weighted by molar-refractivity contribution is 7.09. The van der Waals surface area contributed by atoms with Crippen molar-refractivity contribution in [3.63, 3.8) is 0 Å². The highest BCUT2D eigenvalue weighted by Crippen LogP contribution is 2.33. The molecule has 1 saturated heterocycles. The van der Waals surface area contributed by atoms with Crippen molar-refractivity contribution in [2.45, 2.75) is 24.8 Å². The van der Waals surface area contributed by atoms with Crippen LogP contribution in [0.1, 0.15) is 33.9 Å². The number of nitrogens with two attached hydrogens (primary N) is 1. The van der Waals surface area contributed by atoms with Gasteiger partial charge in [-0.05, 0) is 37.1 Å². The van der Waals surface area contributed by atoms with Crippen molar-refractivity contribution < 1.29 is 13.9 Å². The lowest BCUT2D eigenvalue weighted by atomic mass is 9.82. The van der Waals surface area contributed by atoms with E-state index in [1.165, 1.54) is 23.5 Å². The minimum atomic E-state index is -0.630. The van der Waals surface area contributed by atoms with E-state index in [2.05, 4.69) is 10.3 Å². The van der Waals surface area contributed by atoms with Gasteiger partial charge in [-0.15, -0.1) is 11.3 Å². The molecule has 0 aliphatic carbocycles. The summed E-state index contributed by atoms with van der Waals surface area (Å²) in [7, 11) is 0. The van der Waals surface area contributed by atoms with Gasteiger partial charge < -0.3 is 15.8 Å². The molecule has 1 aliphatic heterocycles. The number of benzene rings is 1. The molecule has 1 amide bonds. The lowest BCUT2D eigenvalue weighted by molar-refractivity contribution is 0.0343. The van der Waals surface area contributed by atoms with E-state index >= 15 is 0 Å². The summed E-state index contributed by atoms with van der Waals surface area (Å²) in [6, 6.07) is 6.39.